The zero-order valence-corrected chi connectivity index (χ0v) is 17.4. The number of nitrogens with one attached hydrogen (secondary N) is 1. The van der Waals surface area contributed by atoms with Gasteiger partial charge in [0.05, 0.1) is 12.2 Å². The predicted octanol–water partition coefficient (Wildman–Crippen LogP) is 3.28. The summed E-state index contributed by atoms with van der Waals surface area (Å²) in [6, 6.07) is 10.2. The number of esters is 1. The van der Waals surface area contributed by atoms with Crippen LogP contribution in [0.25, 0.3) is 6.08 Å². The Morgan fingerprint density at radius 3 is 2.45 bits per heavy atom. The van der Waals surface area contributed by atoms with E-state index in [-0.39, 0.29) is 11.9 Å². The van der Waals surface area contributed by atoms with E-state index < -0.39 is 0 Å². The van der Waals surface area contributed by atoms with E-state index >= 15 is 0 Å². The number of H-pyrrole nitrogens is 1. The lowest BCUT2D eigenvalue weighted by Gasteiger charge is -2.34. The van der Waals surface area contributed by atoms with Crippen molar-refractivity contribution >= 4 is 18.0 Å². The first kappa shape index (κ1) is 20.9. The Bertz CT molecular complexity index is 878. The van der Waals surface area contributed by atoms with E-state index in [1.54, 1.807) is 20.8 Å². The molecule has 1 N–H and O–H groups in total. The Balaban J connectivity index is 1.57. The second kappa shape index (κ2) is 9.56. The number of piperazine rings is 1. The molecule has 154 valence electrons. The number of carbonyl (C=O) groups excluding carboxylic acids is 2. The standard InChI is InChI=1S/C23H29N3O3/c1-4-29-23(28)20-17(2)21(24-18(20)3)22(27)26-15-13-25(14-16-26)12-8-11-19-9-6-5-7-10-19/h5-11,24H,4,12-16H2,1-3H3. The lowest BCUT2D eigenvalue weighted by atomic mass is 10.1. The molecule has 1 fully saturated rings. The smallest absolute Gasteiger partial charge is 0.340 e. The van der Waals surface area contributed by atoms with Crippen LogP contribution < -0.4 is 0 Å². The molecule has 1 aromatic carbocycles. The molecule has 2 aromatic rings. The topological polar surface area (TPSA) is 65.6 Å². The van der Waals surface area contributed by atoms with Crippen molar-refractivity contribution in [3.05, 3.63) is 64.5 Å². The Kier molecular flexibility index (Phi) is 6.88. The summed E-state index contributed by atoms with van der Waals surface area (Å²) in [5.41, 5.74) is 3.49. The van der Waals surface area contributed by atoms with Gasteiger partial charge in [-0.2, -0.15) is 0 Å². The molecule has 2 heterocycles. The quantitative estimate of drug-likeness (QED) is 0.763. The number of amides is 1. The van der Waals surface area contributed by atoms with Gasteiger partial charge in [-0.3, -0.25) is 9.69 Å². The van der Waals surface area contributed by atoms with E-state index in [0.29, 0.717) is 42.2 Å². The zero-order valence-electron chi connectivity index (χ0n) is 17.4. The minimum atomic E-state index is -0.382. The molecule has 0 radical (unpaired) electrons. The third-order valence-corrected chi connectivity index (χ3v) is 5.26. The fourth-order valence-electron chi connectivity index (χ4n) is 3.67. The van der Waals surface area contributed by atoms with Gasteiger partial charge in [0.1, 0.15) is 5.69 Å². The Hall–Kier alpha value is -2.86. The predicted molar refractivity (Wildman–Crippen MR) is 114 cm³/mol. The Morgan fingerprint density at radius 1 is 1.10 bits per heavy atom. The van der Waals surface area contributed by atoms with Gasteiger partial charge in [0, 0.05) is 38.4 Å². The molecule has 6 heteroatoms. The second-order valence-corrected chi connectivity index (χ2v) is 7.25. The van der Waals surface area contributed by atoms with Crippen LogP contribution in [0.5, 0.6) is 0 Å². The molecule has 1 amide bonds. The number of carbonyl (C=O) groups is 2. The minimum Gasteiger partial charge on any atom is -0.462 e. The molecule has 1 aliphatic rings. The number of benzene rings is 1. The summed E-state index contributed by atoms with van der Waals surface area (Å²) in [6.45, 7) is 9.55. The molecule has 0 saturated carbocycles. The van der Waals surface area contributed by atoms with Crippen molar-refractivity contribution in [2.45, 2.75) is 20.8 Å². The number of aromatic nitrogens is 1. The molecule has 6 nitrogen and oxygen atoms in total. The highest BCUT2D eigenvalue weighted by Gasteiger charge is 2.27. The van der Waals surface area contributed by atoms with Gasteiger partial charge in [-0.15, -0.1) is 0 Å². The van der Waals surface area contributed by atoms with Crippen LogP contribution in [-0.4, -0.2) is 66.0 Å². The third kappa shape index (κ3) is 4.95. The molecule has 1 saturated heterocycles. The van der Waals surface area contributed by atoms with Gasteiger partial charge >= 0.3 is 5.97 Å². The molecule has 0 aliphatic carbocycles. The molecular formula is C23H29N3O3. The summed E-state index contributed by atoms with van der Waals surface area (Å²) in [5.74, 6) is -0.437. The molecule has 29 heavy (non-hydrogen) atoms. The second-order valence-electron chi connectivity index (χ2n) is 7.25. The van der Waals surface area contributed by atoms with Crippen LogP contribution in [0.4, 0.5) is 0 Å². The highest BCUT2D eigenvalue weighted by atomic mass is 16.5. The monoisotopic (exact) mass is 395 g/mol. The first-order valence-corrected chi connectivity index (χ1v) is 10.1. The van der Waals surface area contributed by atoms with Crippen LogP contribution in [-0.2, 0) is 4.74 Å². The average molecular weight is 396 g/mol. The van der Waals surface area contributed by atoms with Crippen LogP contribution >= 0.6 is 0 Å². The third-order valence-electron chi connectivity index (χ3n) is 5.26. The summed E-state index contributed by atoms with van der Waals surface area (Å²) >= 11 is 0. The van der Waals surface area contributed by atoms with E-state index in [1.807, 2.05) is 23.1 Å². The molecule has 1 aliphatic heterocycles. The van der Waals surface area contributed by atoms with E-state index in [4.69, 9.17) is 4.74 Å². The van der Waals surface area contributed by atoms with Gasteiger partial charge in [0.15, 0.2) is 0 Å². The summed E-state index contributed by atoms with van der Waals surface area (Å²) < 4.78 is 5.11. The van der Waals surface area contributed by atoms with Gasteiger partial charge < -0.3 is 14.6 Å². The molecule has 0 atom stereocenters. The normalized spacial score (nSPS) is 15.1. The zero-order chi connectivity index (χ0) is 20.8. The van der Waals surface area contributed by atoms with Crippen LogP contribution in [0.15, 0.2) is 36.4 Å². The lowest BCUT2D eigenvalue weighted by molar-refractivity contribution is 0.0525. The highest BCUT2D eigenvalue weighted by molar-refractivity contribution is 6.00. The largest absolute Gasteiger partial charge is 0.462 e. The van der Waals surface area contributed by atoms with Crippen LogP contribution in [0.1, 0.15) is 44.6 Å². The van der Waals surface area contributed by atoms with Crippen molar-refractivity contribution in [3.8, 4) is 0 Å². The van der Waals surface area contributed by atoms with Gasteiger partial charge in [0.25, 0.3) is 5.91 Å². The summed E-state index contributed by atoms with van der Waals surface area (Å²) in [5, 5.41) is 0. The van der Waals surface area contributed by atoms with Crippen molar-refractivity contribution in [1.82, 2.24) is 14.8 Å². The van der Waals surface area contributed by atoms with Crippen molar-refractivity contribution in [2.75, 3.05) is 39.3 Å². The molecular weight excluding hydrogens is 366 g/mol. The van der Waals surface area contributed by atoms with Gasteiger partial charge in [-0.05, 0) is 31.9 Å². The van der Waals surface area contributed by atoms with Gasteiger partial charge in [-0.1, -0.05) is 42.5 Å². The summed E-state index contributed by atoms with van der Waals surface area (Å²) in [4.78, 5) is 32.4. The van der Waals surface area contributed by atoms with Crippen LogP contribution in [0, 0.1) is 13.8 Å². The van der Waals surface area contributed by atoms with E-state index in [0.717, 1.165) is 19.6 Å². The fraction of sp³-hybridized carbons (Fsp3) is 0.391. The van der Waals surface area contributed by atoms with Crippen molar-refractivity contribution in [3.63, 3.8) is 0 Å². The summed E-state index contributed by atoms with van der Waals surface area (Å²) in [6.07, 6.45) is 4.29. The van der Waals surface area contributed by atoms with E-state index in [9.17, 15) is 9.59 Å². The minimum absolute atomic E-state index is 0.0550. The first-order valence-electron chi connectivity index (χ1n) is 10.1. The van der Waals surface area contributed by atoms with Gasteiger partial charge in [0.2, 0.25) is 0 Å². The number of rotatable bonds is 6. The molecule has 1 aromatic heterocycles. The first-order chi connectivity index (χ1) is 14.0. The number of nitrogens with zero attached hydrogens (tertiary/aromatic N) is 2. The number of aryl methyl sites for hydroxylation is 1. The van der Waals surface area contributed by atoms with Crippen LogP contribution in [0.2, 0.25) is 0 Å². The molecule has 0 bridgehead atoms. The maximum Gasteiger partial charge on any atom is 0.340 e. The van der Waals surface area contributed by atoms with Crippen molar-refractivity contribution < 1.29 is 14.3 Å². The molecule has 0 unspecified atom stereocenters. The maximum absolute atomic E-state index is 13.0. The van der Waals surface area contributed by atoms with E-state index in [2.05, 4.69) is 34.2 Å². The average Bonchev–Trinajstić information content (AvgIpc) is 3.03. The Morgan fingerprint density at radius 2 is 1.79 bits per heavy atom. The summed E-state index contributed by atoms with van der Waals surface area (Å²) in [7, 11) is 0. The maximum atomic E-state index is 13.0. The van der Waals surface area contributed by atoms with Crippen LogP contribution in [0.3, 0.4) is 0 Å². The van der Waals surface area contributed by atoms with Gasteiger partial charge in [-0.25, -0.2) is 4.79 Å². The number of aromatic amines is 1. The molecule has 0 spiro atoms. The van der Waals surface area contributed by atoms with Crippen molar-refractivity contribution in [1.29, 1.82) is 0 Å². The highest BCUT2D eigenvalue weighted by Crippen LogP contribution is 2.21. The number of hydrogen-bond acceptors (Lipinski definition) is 4. The fourth-order valence-corrected chi connectivity index (χ4v) is 3.67. The number of hydrogen-bond donors (Lipinski definition) is 1. The van der Waals surface area contributed by atoms with Crippen molar-refractivity contribution in [2.24, 2.45) is 0 Å². The Labute approximate surface area is 172 Å². The van der Waals surface area contributed by atoms with E-state index in [1.165, 1.54) is 5.56 Å². The number of ether oxygens (including phenoxy) is 1. The molecule has 3 rings (SSSR count). The lowest BCUT2D eigenvalue weighted by Crippen LogP contribution is -2.48. The SMILES string of the molecule is CCOC(=O)c1c(C)[nH]c(C(=O)N2CCN(CC=Cc3ccccc3)CC2)c1C.